The fourth-order valence-corrected chi connectivity index (χ4v) is 0.740. The Morgan fingerprint density at radius 1 is 1.75 bits per heavy atom. The van der Waals surface area contributed by atoms with Gasteiger partial charge in [0.2, 0.25) is 0 Å². The molecule has 0 atom stereocenters. The molecule has 0 radical (unpaired) electrons. The topological polar surface area (TPSA) is 70.1 Å². The quantitative estimate of drug-likeness (QED) is 0.279. The molecule has 0 unspecified atom stereocenters. The van der Waals surface area contributed by atoms with Gasteiger partial charge in [-0.2, -0.15) is 11.8 Å². The molecule has 0 aliphatic heterocycles. The Morgan fingerprint density at radius 3 is 2.75 bits per heavy atom. The Balaban J connectivity index is 2.82. The molecule has 0 amide bonds. The lowest BCUT2D eigenvalue weighted by Gasteiger charge is -1.93. The lowest BCUT2D eigenvalue weighted by molar-refractivity contribution is 0.322. The number of aliphatic hydroxyl groups excluding tert-OH is 1. The van der Waals surface area contributed by atoms with Gasteiger partial charge in [-0.1, -0.05) is 0 Å². The number of amidine groups is 1. The summed E-state index contributed by atoms with van der Waals surface area (Å²) in [6.45, 7) is 0.165. The fraction of sp³-hybridized carbons (Fsp3) is 0.750. The van der Waals surface area contributed by atoms with Gasteiger partial charge in [-0.3, -0.25) is 5.41 Å². The predicted molar refractivity (Wildman–Crippen MR) is 36.3 cm³/mol. The largest absolute Gasteiger partial charge is 0.396 e. The second kappa shape index (κ2) is 4.93. The van der Waals surface area contributed by atoms with E-state index < -0.39 is 0 Å². The maximum absolute atomic E-state index is 8.25. The summed E-state index contributed by atoms with van der Waals surface area (Å²) in [7, 11) is 0. The summed E-state index contributed by atoms with van der Waals surface area (Å²) in [4.78, 5) is 0. The zero-order chi connectivity index (χ0) is 6.41. The van der Waals surface area contributed by atoms with Crippen LogP contribution in [0.25, 0.3) is 0 Å². The first-order chi connectivity index (χ1) is 3.77. The number of nitrogens with two attached hydrogens (primary N) is 1. The van der Waals surface area contributed by atoms with E-state index in [0.29, 0.717) is 11.5 Å². The average molecular weight is 134 g/mol. The lowest BCUT2D eigenvalue weighted by atomic mass is 10.7. The van der Waals surface area contributed by atoms with Crippen LogP contribution in [0.1, 0.15) is 0 Å². The molecule has 8 heavy (non-hydrogen) atoms. The van der Waals surface area contributed by atoms with E-state index in [1.54, 1.807) is 0 Å². The smallest absolute Gasteiger partial charge is 0.101 e. The van der Waals surface area contributed by atoms with E-state index in [2.05, 4.69) is 0 Å². The maximum atomic E-state index is 8.25. The van der Waals surface area contributed by atoms with Crippen molar-refractivity contribution in [3.8, 4) is 0 Å². The molecule has 0 rings (SSSR count). The summed E-state index contributed by atoms with van der Waals surface area (Å²) >= 11 is 1.46. The molecule has 0 aromatic heterocycles. The van der Waals surface area contributed by atoms with Crippen molar-refractivity contribution in [1.82, 2.24) is 0 Å². The summed E-state index contributed by atoms with van der Waals surface area (Å²) < 4.78 is 0. The SMILES string of the molecule is N=C(N)CSCCO. The van der Waals surface area contributed by atoms with Gasteiger partial charge >= 0.3 is 0 Å². The van der Waals surface area contributed by atoms with Crippen molar-refractivity contribution in [2.75, 3.05) is 18.1 Å². The van der Waals surface area contributed by atoms with Crippen LogP contribution in [0.3, 0.4) is 0 Å². The first kappa shape index (κ1) is 7.78. The van der Waals surface area contributed by atoms with Crippen molar-refractivity contribution in [2.45, 2.75) is 0 Å². The van der Waals surface area contributed by atoms with Crippen molar-refractivity contribution in [1.29, 1.82) is 5.41 Å². The van der Waals surface area contributed by atoms with Crippen LogP contribution in [0.2, 0.25) is 0 Å². The van der Waals surface area contributed by atoms with Crippen LogP contribution in [0.4, 0.5) is 0 Å². The van der Waals surface area contributed by atoms with Gasteiger partial charge in [0.1, 0.15) is 5.84 Å². The van der Waals surface area contributed by atoms with Crippen molar-refractivity contribution < 1.29 is 5.11 Å². The molecule has 0 saturated carbocycles. The van der Waals surface area contributed by atoms with Gasteiger partial charge in [0, 0.05) is 5.75 Å². The molecule has 0 aliphatic rings. The van der Waals surface area contributed by atoms with E-state index in [0.717, 1.165) is 0 Å². The highest BCUT2D eigenvalue weighted by Gasteiger charge is 1.87. The summed E-state index contributed by atoms with van der Waals surface area (Å²) in [6, 6.07) is 0. The molecule has 4 N–H and O–H groups in total. The van der Waals surface area contributed by atoms with Crippen molar-refractivity contribution in [3.05, 3.63) is 0 Å². The van der Waals surface area contributed by atoms with Crippen LogP contribution in [-0.4, -0.2) is 29.1 Å². The summed E-state index contributed by atoms with van der Waals surface area (Å²) in [6.07, 6.45) is 0. The van der Waals surface area contributed by atoms with E-state index in [-0.39, 0.29) is 12.4 Å². The Hall–Kier alpha value is -0.220. The third-order valence-electron chi connectivity index (χ3n) is 0.493. The number of rotatable bonds is 4. The Kier molecular flexibility index (Phi) is 4.79. The molecule has 0 spiro atoms. The Labute approximate surface area is 52.8 Å². The normalized spacial score (nSPS) is 9.12. The number of thioether (sulfide) groups is 1. The van der Waals surface area contributed by atoms with Gasteiger partial charge < -0.3 is 10.8 Å². The van der Waals surface area contributed by atoms with Gasteiger partial charge in [-0.05, 0) is 0 Å². The standard InChI is InChI=1S/C4H10N2OS/c5-4(6)3-8-2-1-7/h7H,1-3H2,(H3,5,6). The molecule has 0 aliphatic carbocycles. The van der Waals surface area contributed by atoms with Crippen LogP contribution in [0, 0.1) is 5.41 Å². The first-order valence-electron chi connectivity index (χ1n) is 2.29. The molecule has 0 aromatic rings. The molecule has 3 nitrogen and oxygen atoms in total. The fourth-order valence-electron chi connectivity index (χ4n) is 0.247. The average Bonchev–Trinajstić information content (AvgIpc) is 1.66. The number of hydrogen-bond acceptors (Lipinski definition) is 3. The molecular weight excluding hydrogens is 124 g/mol. The summed E-state index contributed by atoms with van der Waals surface area (Å²) in [5.74, 6) is 1.36. The molecule has 0 aromatic carbocycles. The molecule has 0 bridgehead atoms. The highest BCUT2D eigenvalue weighted by atomic mass is 32.2. The second-order valence-electron chi connectivity index (χ2n) is 1.30. The van der Waals surface area contributed by atoms with E-state index in [1.165, 1.54) is 11.8 Å². The Bertz CT molecular complexity index is 76.4. The van der Waals surface area contributed by atoms with E-state index in [4.69, 9.17) is 16.2 Å². The molecule has 0 fully saturated rings. The monoisotopic (exact) mass is 134 g/mol. The summed E-state index contributed by atoms with van der Waals surface area (Å²) in [5, 5.41) is 15.0. The van der Waals surface area contributed by atoms with Gasteiger partial charge in [0.05, 0.1) is 12.4 Å². The first-order valence-corrected chi connectivity index (χ1v) is 3.44. The third kappa shape index (κ3) is 5.78. The minimum atomic E-state index is 0.165. The molecular formula is C4H10N2OS. The van der Waals surface area contributed by atoms with Crippen LogP contribution in [-0.2, 0) is 0 Å². The zero-order valence-electron chi connectivity index (χ0n) is 4.55. The summed E-state index contributed by atoms with van der Waals surface area (Å²) in [5.41, 5.74) is 5.01. The van der Waals surface area contributed by atoms with Crippen LogP contribution in [0.15, 0.2) is 0 Å². The maximum Gasteiger partial charge on any atom is 0.101 e. The van der Waals surface area contributed by atoms with Crippen molar-refractivity contribution in [2.24, 2.45) is 5.73 Å². The Morgan fingerprint density at radius 2 is 2.38 bits per heavy atom. The molecule has 48 valence electrons. The van der Waals surface area contributed by atoms with Crippen LogP contribution >= 0.6 is 11.8 Å². The predicted octanol–water partition coefficient (Wildman–Crippen LogP) is -0.352. The number of hydrogen-bond donors (Lipinski definition) is 3. The van der Waals surface area contributed by atoms with Gasteiger partial charge in [0.15, 0.2) is 0 Å². The lowest BCUT2D eigenvalue weighted by Crippen LogP contribution is -2.12. The van der Waals surface area contributed by atoms with E-state index in [9.17, 15) is 0 Å². The number of nitrogens with one attached hydrogen (secondary N) is 1. The number of aliphatic hydroxyl groups is 1. The van der Waals surface area contributed by atoms with Crippen LogP contribution in [0.5, 0.6) is 0 Å². The van der Waals surface area contributed by atoms with Crippen LogP contribution < -0.4 is 5.73 Å². The highest BCUT2D eigenvalue weighted by molar-refractivity contribution is 7.99. The van der Waals surface area contributed by atoms with Gasteiger partial charge in [-0.25, -0.2) is 0 Å². The molecule has 4 heteroatoms. The third-order valence-corrected chi connectivity index (χ3v) is 1.48. The molecule has 0 heterocycles. The van der Waals surface area contributed by atoms with Gasteiger partial charge in [0.25, 0.3) is 0 Å². The zero-order valence-corrected chi connectivity index (χ0v) is 5.37. The minimum absolute atomic E-state index is 0.165. The van der Waals surface area contributed by atoms with Crippen molar-refractivity contribution in [3.63, 3.8) is 0 Å². The van der Waals surface area contributed by atoms with E-state index in [1.807, 2.05) is 0 Å². The minimum Gasteiger partial charge on any atom is -0.396 e. The molecule has 0 saturated heterocycles. The van der Waals surface area contributed by atoms with E-state index >= 15 is 0 Å². The van der Waals surface area contributed by atoms with Crippen molar-refractivity contribution >= 4 is 17.6 Å². The van der Waals surface area contributed by atoms with Gasteiger partial charge in [-0.15, -0.1) is 0 Å². The second-order valence-corrected chi connectivity index (χ2v) is 2.41. The highest BCUT2D eigenvalue weighted by Crippen LogP contribution is 1.95.